The van der Waals surface area contributed by atoms with Crippen molar-refractivity contribution in [2.75, 3.05) is 11.9 Å². The molecular formula is C26H23ClN2O5. The van der Waals surface area contributed by atoms with Crippen LogP contribution in [-0.2, 0) is 20.2 Å². The number of rotatable bonds is 8. The van der Waals surface area contributed by atoms with E-state index in [-0.39, 0.29) is 12.5 Å². The average Bonchev–Trinajstić information content (AvgIpc) is 3.16. The summed E-state index contributed by atoms with van der Waals surface area (Å²) in [6.45, 7) is 0.0567. The van der Waals surface area contributed by atoms with Gasteiger partial charge >= 0.3 is 12.1 Å². The van der Waals surface area contributed by atoms with Crippen molar-refractivity contribution < 1.29 is 24.2 Å². The van der Waals surface area contributed by atoms with E-state index >= 15 is 0 Å². The fraction of sp³-hybridized carbons (Fsp3) is 0.192. The molecule has 0 saturated heterocycles. The summed E-state index contributed by atoms with van der Waals surface area (Å²) in [5.41, 5.74) is 5.63. The second-order valence-electron chi connectivity index (χ2n) is 7.94. The van der Waals surface area contributed by atoms with Crippen molar-refractivity contribution in [2.24, 2.45) is 0 Å². The molecule has 0 fully saturated rings. The van der Waals surface area contributed by atoms with Crippen molar-refractivity contribution in [3.8, 4) is 11.1 Å². The van der Waals surface area contributed by atoms with Crippen LogP contribution in [0.25, 0.3) is 11.1 Å². The van der Waals surface area contributed by atoms with Crippen LogP contribution in [-0.4, -0.2) is 35.7 Å². The van der Waals surface area contributed by atoms with E-state index in [1.165, 1.54) is 0 Å². The summed E-state index contributed by atoms with van der Waals surface area (Å²) in [5.74, 6) is -1.70. The third-order valence-corrected chi connectivity index (χ3v) is 6.02. The van der Waals surface area contributed by atoms with Crippen molar-refractivity contribution in [1.29, 1.82) is 0 Å². The number of benzene rings is 3. The number of fused-ring (bicyclic) bond motifs is 3. The van der Waals surface area contributed by atoms with Crippen molar-refractivity contribution in [3.63, 3.8) is 0 Å². The lowest BCUT2D eigenvalue weighted by atomic mass is 9.98. The first-order valence-electron chi connectivity index (χ1n) is 10.8. The Bertz CT molecular complexity index is 1170. The highest BCUT2D eigenvalue weighted by atomic mass is 35.5. The van der Waals surface area contributed by atoms with Crippen LogP contribution in [0.5, 0.6) is 0 Å². The quantitative estimate of drug-likeness (QED) is 0.405. The number of ether oxygens (including phenoxy) is 1. The van der Waals surface area contributed by atoms with E-state index in [9.17, 15) is 19.5 Å². The third-order valence-electron chi connectivity index (χ3n) is 5.71. The molecule has 1 atom stereocenters. The van der Waals surface area contributed by atoms with Crippen LogP contribution >= 0.6 is 11.6 Å². The smallest absolute Gasteiger partial charge is 0.407 e. The van der Waals surface area contributed by atoms with Crippen molar-refractivity contribution in [1.82, 2.24) is 5.32 Å². The number of carbonyl (C=O) groups is 3. The molecule has 4 rings (SSSR count). The molecule has 8 heteroatoms. The molecule has 1 unspecified atom stereocenters. The van der Waals surface area contributed by atoms with E-state index < -0.39 is 30.4 Å². The van der Waals surface area contributed by atoms with Crippen molar-refractivity contribution in [3.05, 3.63) is 89.5 Å². The Morgan fingerprint density at radius 1 is 0.912 bits per heavy atom. The maximum Gasteiger partial charge on any atom is 0.407 e. The molecule has 1 aliphatic carbocycles. The van der Waals surface area contributed by atoms with Gasteiger partial charge in [-0.25, -0.2) is 4.79 Å². The number of carboxylic acid groups (broad SMARTS) is 1. The first kappa shape index (κ1) is 23.3. The molecule has 174 valence electrons. The van der Waals surface area contributed by atoms with E-state index in [0.717, 1.165) is 27.8 Å². The zero-order chi connectivity index (χ0) is 24.1. The van der Waals surface area contributed by atoms with Gasteiger partial charge in [-0.2, -0.15) is 0 Å². The van der Waals surface area contributed by atoms with Crippen molar-refractivity contribution in [2.45, 2.75) is 24.3 Å². The monoisotopic (exact) mass is 478 g/mol. The summed E-state index contributed by atoms with van der Waals surface area (Å²) in [4.78, 5) is 36.5. The SMILES string of the molecule is O=C(O)CC(NC(=O)OCC1c2ccccc2-c2ccccc21)C(=O)Nc1ccc(CCl)cc1. The maximum absolute atomic E-state index is 12.7. The summed E-state index contributed by atoms with van der Waals surface area (Å²) >= 11 is 5.77. The van der Waals surface area contributed by atoms with E-state index in [1.54, 1.807) is 24.3 Å². The Morgan fingerprint density at radius 2 is 1.50 bits per heavy atom. The van der Waals surface area contributed by atoms with Gasteiger partial charge in [0.1, 0.15) is 12.6 Å². The minimum absolute atomic E-state index is 0.0567. The molecule has 3 aromatic rings. The number of alkyl halides is 1. The lowest BCUT2D eigenvalue weighted by Gasteiger charge is -2.19. The fourth-order valence-corrected chi connectivity index (χ4v) is 4.25. The van der Waals surface area contributed by atoms with E-state index in [1.807, 2.05) is 48.5 Å². The van der Waals surface area contributed by atoms with Crippen LogP contribution < -0.4 is 10.6 Å². The van der Waals surface area contributed by atoms with Crippen LogP contribution in [0.2, 0.25) is 0 Å². The first-order valence-corrected chi connectivity index (χ1v) is 11.3. The standard InChI is InChI=1S/C26H23ClN2O5/c27-14-16-9-11-17(12-10-16)28-25(32)23(13-24(30)31)29-26(33)34-15-22-20-7-3-1-5-18(20)19-6-2-4-8-21(19)22/h1-12,22-23H,13-15H2,(H,28,32)(H,29,33)(H,30,31). The van der Waals surface area contributed by atoms with Crippen LogP contribution in [0.3, 0.4) is 0 Å². The van der Waals surface area contributed by atoms with Crippen molar-refractivity contribution >= 4 is 35.3 Å². The Labute approximate surface area is 201 Å². The van der Waals surface area contributed by atoms with Gasteiger partial charge in [0.2, 0.25) is 5.91 Å². The van der Waals surface area contributed by atoms with Gasteiger partial charge in [-0.1, -0.05) is 60.7 Å². The summed E-state index contributed by atoms with van der Waals surface area (Å²) in [6.07, 6.45) is -1.45. The molecule has 2 amide bonds. The molecule has 3 aromatic carbocycles. The summed E-state index contributed by atoms with van der Waals surface area (Å²) in [6, 6.07) is 21.3. The van der Waals surface area contributed by atoms with E-state index in [2.05, 4.69) is 10.6 Å². The molecule has 7 nitrogen and oxygen atoms in total. The van der Waals surface area contributed by atoms with E-state index in [4.69, 9.17) is 16.3 Å². The molecule has 0 spiro atoms. The lowest BCUT2D eigenvalue weighted by Crippen LogP contribution is -2.45. The molecule has 0 aromatic heterocycles. The molecule has 0 radical (unpaired) electrons. The van der Waals surface area contributed by atoms with Crippen LogP contribution in [0, 0.1) is 0 Å². The van der Waals surface area contributed by atoms with Gasteiger partial charge in [-0.05, 0) is 39.9 Å². The zero-order valence-corrected chi connectivity index (χ0v) is 18.9. The summed E-state index contributed by atoms with van der Waals surface area (Å²) in [7, 11) is 0. The van der Waals surface area contributed by atoms with Gasteiger partial charge in [-0.3, -0.25) is 9.59 Å². The number of hydrogen-bond acceptors (Lipinski definition) is 4. The lowest BCUT2D eigenvalue weighted by molar-refractivity contribution is -0.139. The average molecular weight is 479 g/mol. The molecule has 0 saturated carbocycles. The number of carbonyl (C=O) groups excluding carboxylic acids is 2. The Balaban J connectivity index is 1.41. The minimum Gasteiger partial charge on any atom is -0.481 e. The predicted octanol–water partition coefficient (Wildman–Crippen LogP) is 4.75. The van der Waals surface area contributed by atoms with Crippen LogP contribution in [0.4, 0.5) is 10.5 Å². The van der Waals surface area contributed by atoms with Gasteiger partial charge < -0.3 is 20.5 Å². The van der Waals surface area contributed by atoms with Crippen LogP contribution in [0.15, 0.2) is 72.8 Å². The summed E-state index contributed by atoms with van der Waals surface area (Å²) in [5, 5.41) is 14.2. The highest BCUT2D eigenvalue weighted by Crippen LogP contribution is 2.44. The zero-order valence-electron chi connectivity index (χ0n) is 18.2. The molecule has 0 heterocycles. The Hall–Kier alpha value is -3.84. The number of amides is 2. The number of hydrogen-bond donors (Lipinski definition) is 3. The molecular weight excluding hydrogens is 456 g/mol. The number of carboxylic acids is 1. The molecule has 34 heavy (non-hydrogen) atoms. The number of anilines is 1. The second kappa shape index (κ2) is 10.4. The highest BCUT2D eigenvalue weighted by Gasteiger charge is 2.30. The topological polar surface area (TPSA) is 105 Å². The van der Waals surface area contributed by atoms with Gasteiger partial charge in [-0.15, -0.1) is 11.6 Å². The number of aliphatic carboxylic acids is 1. The second-order valence-corrected chi connectivity index (χ2v) is 8.21. The molecule has 3 N–H and O–H groups in total. The van der Waals surface area contributed by atoms with Gasteiger partial charge in [0, 0.05) is 17.5 Å². The summed E-state index contributed by atoms with van der Waals surface area (Å²) < 4.78 is 5.44. The van der Waals surface area contributed by atoms with E-state index in [0.29, 0.717) is 11.6 Å². The molecule has 1 aliphatic rings. The fourth-order valence-electron chi connectivity index (χ4n) is 4.07. The molecule has 0 bridgehead atoms. The highest BCUT2D eigenvalue weighted by molar-refractivity contribution is 6.17. The normalized spacial score (nSPS) is 12.9. The van der Waals surface area contributed by atoms with Gasteiger partial charge in [0.05, 0.1) is 6.42 Å². The third kappa shape index (κ3) is 5.21. The van der Waals surface area contributed by atoms with Gasteiger partial charge in [0.15, 0.2) is 0 Å². The van der Waals surface area contributed by atoms with Crippen LogP contribution in [0.1, 0.15) is 29.0 Å². The Morgan fingerprint density at radius 3 is 2.06 bits per heavy atom. The van der Waals surface area contributed by atoms with Gasteiger partial charge in [0.25, 0.3) is 0 Å². The molecule has 0 aliphatic heterocycles. The maximum atomic E-state index is 12.7. The predicted molar refractivity (Wildman–Crippen MR) is 129 cm³/mol. The number of nitrogens with one attached hydrogen (secondary N) is 2. The largest absolute Gasteiger partial charge is 0.481 e. The Kier molecular flexibility index (Phi) is 7.13. The first-order chi connectivity index (χ1) is 16.5. The number of alkyl carbamates (subject to hydrolysis) is 1. The minimum atomic E-state index is -1.30. The number of halogens is 1.